The Labute approximate surface area is 244 Å². The first-order valence-corrected chi connectivity index (χ1v) is 14.4. The number of nitrogen functional groups attached to an aromatic ring is 1. The van der Waals surface area contributed by atoms with Crippen LogP contribution in [0.2, 0.25) is 10.0 Å². The molecule has 3 aromatic rings. The predicted octanol–water partition coefficient (Wildman–Crippen LogP) is 5.54. The van der Waals surface area contributed by atoms with Gasteiger partial charge in [-0.1, -0.05) is 23.2 Å². The molecule has 2 aliphatic heterocycles. The quantitative estimate of drug-likeness (QED) is 0.339. The summed E-state index contributed by atoms with van der Waals surface area (Å²) in [5.74, 6) is 0.650. The minimum absolute atomic E-state index is 0.0780. The smallest absolute Gasteiger partial charge is 0.255 e. The lowest BCUT2D eigenvalue weighted by Gasteiger charge is -2.37. The van der Waals surface area contributed by atoms with E-state index in [0.29, 0.717) is 40.2 Å². The highest BCUT2D eigenvalue weighted by molar-refractivity contribution is 6.31. The third-order valence-electron chi connectivity index (χ3n) is 7.69. The van der Waals surface area contributed by atoms with Crippen molar-refractivity contribution < 1.29 is 9.59 Å². The first-order valence-electron chi connectivity index (χ1n) is 13.7. The molecule has 0 radical (unpaired) electrons. The fourth-order valence-corrected chi connectivity index (χ4v) is 5.75. The SMILES string of the molecule is Nc1cc(CN2CCC(C(=O)N3CCC(Nc4ccc(Cl)cc4NC(=O)c4ccc(Cl)cc4)CC3)CC2)ccn1. The molecule has 8 nitrogen and oxygen atoms in total. The molecule has 5 rings (SSSR count). The van der Waals surface area contributed by atoms with Crippen LogP contribution in [-0.2, 0) is 11.3 Å². The number of rotatable bonds is 7. The number of carbonyl (C=O) groups is 2. The normalized spacial score (nSPS) is 17.0. The van der Waals surface area contributed by atoms with Gasteiger partial charge in [-0.3, -0.25) is 14.5 Å². The van der Waals surface area contributed by atoms with E-state index in [1.807, 2.05) is 23.1 Å². The van der Waals surface area contributed by atoms with Crippen molar-refractivity contribution in [2.24, 2.45) is 5.92 Å². The summed E-state index contributed by atoms with van der Waals surface area (Å²) >= 11 is 12.2. The summed E-state index contributed by atoms with van der Waals surface area (Å²) in [6.45, 7) is 4.06. The lowest BCUT2D eigenvalue weighted by molar-refractivity contribution is -0.138. The van der Waals surface area contributed by atoms with Gasteiger partial charge in [0.25, 0.3) is 5.91 Å². The number of anilines is 3. The second-order valence-electron chi connectivity index (χ2n) is 10.5. The highest BCUT2D eigenvalue weighted by atomic mass is 35.5. The lowest BCUT2D eigenvalue weighted by Crippen LogP contribution is -2.47. The zero-order chi connectivity index (χ0) is 28.1. The number of benzene rings is 2. The molecule has 10 heteroatoms. The molecule has 2 aliphatic rings. The van der Waals surface area contributed by atoms with Gasteiger partial charge in [0.05, 0.1) is 11.4 Å². The summed E-state index contributed by atoms with van der Waals surface area (Å²) in [5, 5.41) is 7.63. The molecule has 40 heavy (non-hydrogen) atoms. The number of amides is 2. The molecule has 0 bridgehead atoms. The van der Waals surface area contributed by atoms with Crippen LogP contribution in [0.15, 0.2) is 60.8 Å². The molecular weight excluding hydrogens is 547 g/mol. The van der Waals surface area contributed by atoms with Crippen molar-refractivity contribution in [2.75, 3.05) is 42.5 Å². The summed E-state index contributed by atoms with van der Waals surface area (Å²) in [6, 6.07) is 16.3. The zero-order valence-corrected chi connectivity index (χ0v) is 23.8. The van der Waals surface area contributed by atoms with Crippen LogP contribution >= 0.6 is 23.2 Å². The number of nitrogens with two attached hydrogens (primary N) is 1. The topological polar surface area (TPSA) is 104 Å². The first kappa shape index (κ1) is 28.2. The van der Waals surface area contributed by atoms with Crippen LogP contribution in [0.5, 0.6) is 0 Å². The number of pyridine rings is 1. The van der Waals surface area contributed by atoms with Crippen molar-refractivity contribution in [3.05, 3.63) is 82.0 Å². The first-order chi connectivity index (χ1) is 19.3. The second kappa shape index (κ2) is 12.9. The van der Waals surface area contributed by atoms with Crippen LogP contribution in [0.4, 0.5) is 17.2 Å². The number of nitrogens with one attached hydrogen (secondary N) is 2. The summed E-state index contributed by atoms with van der Waals surface area (Å²) in [5.41, 5.74) is 8.89. The maximum Gasteiger partial charge on any atom is 0.255 e. The van der Waals surface area contributed by atoms with E-state index in [9.17, 15) is 9.59 Å². The molecular formula is C30H34Cl2N6O2. The standard InChI is InChI=1S/C30H34Cl2N6O2/c31-23-3-1-21(2-4-23)29(39)36-27-18-24(32)5-6-26(27)35-25-10-15-38(16-11-25)30(40)22-8-13-37(14-9-22)19-20-7-12-34-28(33)17-20/h1-7,12,17-18,22,25,35H,8-11,13-16,19H2,(H2,33,34)(H,36,39). The van der Waals surface area contributed by atoms with Crippen LogP contribution in [0.25, 0.3) is 0 Å². The van der Waals surface area contributed by atoms with Gasteiger partial charge in [-0.05, 0) is 98.9 Å². The van der Waals surface area contributed by atoms with E-state index in [1.54, 1.807) is 42.6 Å². The van der Waals surface area contributed by atoms with Gasteiger partial charge in [0.2, 0.25) is 5.91 Å². The maximum absolute atomic E-state index is 13.3. The number of hydrogen-bond acceptors (Lipinski definition) is 6. The maximum atomic E-state index is 13.3. The Bertz CT molecular complexity index is 1340. The summed E-state index contributed by atoms with van der Waals surface area (Å²) in [6.07, 6.45) is 5.16. The summed E-state index contributed by atoms with van der Waals surface area (Å²) in [7, 11) is 0. The number of likely N-dealkylation sites (tertiary alicyclic amines) is 2. The van der Waals surface area contributed by atoms with E-state index in [-0.39, 0.29) is 23.8 Å². The van der Waals surface area contributed by atoms with Crippen molar-refractivity contribution in [3.8, 4) is 0 Å². The van der Waals surface area contributed by atoms with E-state index in [1.165, 1.54) is 0 Å². The van der Waals surface area contributed by atoms with Gasteiger partial charge in [-0.2, -0.15) is 0 Å². The third-order valence-corrected chi connectivity index (χ3v) is 8.18. The van der Waals surface area contributed by atoms with Crippen molar-refractivity contribution in [1.29, 1.82) is 0 Å². The van der Waals surface area contributed by atoms with Gasteiger partial charge in [0.15, 0.2) is 0 Å². The monoisotopic (exact) mass is 580 g/mol. The second-order valence-corrected chi connectivity index (χ2v) is 11.4. The fraction of sp³-hybridized carbons (Fsp3) is 0.367. The Kier molecular flexibility index (Phi) is 9.09. The Morgan fingerprint density at radius 2 is 1.57 bits per heavy atom. The van der Waals surface area contributed by atoms with E-state index >= 15 is 0 Å². The van der Waals surface area contributed by atoms with Crippen molar-refractivity contribution >= 4 is 52.2 Å². The Hall–Kier alpha value is -3.33. The van der Waals surface area contributed by atoms with Crippen LogP contribution in [-0.4, -0.2) is 58.8 Å². The lowest BCUT2D eigenvalue weighted by atomic mass is 9.93. The molecule has 210 valence electrons. The Balaban J connectivity index is 1.11. The molecule has 2 aromatic carbocycles. The molecule has 3 heterocycles. The van der Waals surface area contributed by atoms with Gasteiger partial charge >= 0.3 is 0 Å². The molecule has 2 fully saturated rings. The van der Waals surface area contributed by atoms with Crippen molar-refractivity contribution in [3.63, 3.8) is 0 Å². The number of carbonyl (C=O) groups excluding carboxylic acids is 2. The molecule has 0 unspecified atom stereocenters. The molecule has 2 amide bonds. The van der Waals surface area contributed by atoms with E-state index in [2.05, 4.69) is 20.5 Å². The fourth-order valence-electron chi connectivity index (χ4n) is 5.45. The van der Waals surface area contributed by atoms with E-state index in [0.717, 1.165) is 56.6 Å². The van der Waals surface area contributed by atoms with Crippen LogP contribution in [0, 0.1) is 5.92 Å². The molecule has 0 spiro atoms. The van der Waals surface area contributed by atoms with Gasteiger partial charge < -0.3 is 21.3 Å². The average Bonchev–Trinajstić information content (AvgIpc) is 2.95. The molecule has 0 aliphatic carbocycles. The highest BCUT2D eigenvalue weighted by Crippen LogP contribution is 2.30. The number of aromatic nitrogens is 1. The van der Waals surface area contributed by atoms with Crippen LogP contribution < -0.4 is 16.4 Å². The number of hydrogen-bond donors (Lipinski definition) is 3. The minimum atomic E-state index is -0.238. The number of piperidine rings is 2. The van der Waals surface area contributed by atoms with Gasteiger partial charge in [-0.15, -0.1) is 0 Å². The summed E-state index contributed by atoms with van der Waals surface area (Å²) < 4.78 is 0. The Morgan fingerprint density at radius 1 is 0.875 bits per heavy atom. The molecule has 1 aromatic heterocycles. The van der Waals surface area contributed by atoms with Crippen molar-refractivity contribution in [2.45, 2.75) is 38.3 Å². The highest BCUT2D eigenvalue weighted by Gasteiger charge is 2.31. The zero-order valence-electron chi connectivity index (χ0n) is 22.3. The minimum Gasteiger partial charge on any atom is -0.384 e. The molecule has 0 saturated carbocycles. The van der Waals surface area contributed by atoms with Gasteiger partial charge in [0.1, 0.15) is 5.82 Å². The molecule has 0 atom stereocenters. The largest absolute Gasteiger partial charge is 0.384 e. The third kappa shape index (κ3) is 7.24. The number of halogens is 2. The molecule has 4 N–H and O–H groups in total. The van der Waals surface area contributed by atoms with Crippen LogP contribution in [0.1, 0.15) is 41.6 Å². The van der Waals surface area contributed by atoms with Crippen molar-refractivity contribution in [1.82, 2.24) is 14.8 Å². The Morgan fingerprint density at radius 3 is 2.27 bits per heavy atom. The van der Waals surface area contributed by atoms with Crippen LogP contribution in [0.3, 0.4) is 0 Å². The van der Waals surface area contributed by atoms with E-state index in [4.69, 9.17) is 28.9 Å². The van der Waals surface area contributed by atoms with E-state index < -0.39 is 0 Å². The average molecular weight is 582 g/mol. The molecule has 2 saturated heterocycles. The van der Waals surface area contributed by atoms with Gasteiger partial charge in [-0.25, -0.2) is 4.98 Å². The van der Waals surface area contributed by atoms with Gasteiger partial charge in [0, 0.05) is 53.4 Å². The predicted molar refractivity (Wildman–Crippen MR) is 161 cm³/mol. The summed E-state index contributed by atoms with van der Waals surface area (Å²) in [4.78, 5) is 34.5. The number of nitrogens with zero attached hydrogens (tertiary/aromatic N) is 3.